The molecule has 0 fully saturated rings. The standard InChI is InChI=1S/C19H22ClNO3S/c1-13(15-8-7-14-5-3-4-6-16(14)11-15)21-25(22,23)17-9-10-19(24-2)18(20)12-17/h7-13,21H,3-6H2,1-2H3/t13-/m0/s1. The lowest BCUT2D eigenvalue weighted by Crippen LogP contribution is -2.27. The first-order chi connectivity index (χ1) is 11.9. The number of hydrogen-bond donors (Lipinski definition) is 1. The van der Waals surface area contributed by atoms with E-state index in [-0.39, 0.29) is 16.0 Å². The fourth-order valence-corrected chi connectivity index (χ4v) is 4.79. The van der Waals surface area contributed by atoms with Crippen LogP contribution >= 0.6 is 11.6 Å². The molecule has 0 amide bonds. The number of sulfonamides is 1. The number of fused-ring (bicyclic) bond motifs is 1. The van der Waals surface area contributed by atoms with Gasteiger partial charge in [-0.05, 0) is 67.5 Å². The fraction of sp³-hybridized carbons (Fsp3) is 0.368. The molecule has 0 saturated heterocycles. The monoisotopic (exact) mass is 379 g/mol. The molecule has 25 heavy (non-hydrogen) atoms. The molecule has 1 aliphatic rings. The number of nitrogens with one attached hydrogen (secondary N) is 1. The molecule has 0 bridgehead atoms. The summed E-state index contributed by atoms with van der Waals surface area (Å²) >= 11 is 6.05. The van der Waals surface area contributed by atoms with Crippen molar-refractivity contribution in [2.45, 2.75) is 43.5 Å². The van der Waals surface area contributed by atoms with Gasteiger partial charge in [0.05, 0.1) is 17.0 Å². The third kappa shape index (κ3) is 4.00. The van der Waals surface area contributed by atoms with Crippen LogP contribution in [-0.4, -0.2) is 15.5 Å². The Hall–Kier alpha value is -1.56. The molecule has 0 heterocycles. The third-order valence-corrected chi connectivity index (χ3v) is 6.47. The Labute approximate surface area is 154 Å². The maximum atomic E-state index is 12.6. The molecule has 2 aromatic carbocycles. The average molecular weight is 380 g/mol. The van der Waals surface area contributed by atoms with Crippen LogP contribution < -0.4 is 9.46 Å². The Bertz CT molecular complexity index is 880. The van der Waals surface area contributed by atoms with Gasteiger partial charge in [0.25, 0.3) is 0 Å². The van der Waals surface area contributed by atoms with E-state index >= 15 is 0 Å². The zero-order valence-corrected chi connectivity index (χ0v) is 16.0. The summed E-state index contributed by atoms with van der Waals surface area (Å²) < 4.78 is 33.1. The number of ether oxygens (including phenoxy) is 1. The SMILES string of the molecule is COc1ccc(S(=O)(=O)N[C@@H](C)c2ccc3c(c2)CCCC3)cc1Cl. The van der Waals surface area contributed by atoms with Gasteiger partial charge in [0.15, 0.2) is 0 Å². The summed E-state index contributed by atoms with van der Waals surface area (Å²) in [6, 6.07) is 10.4. The normalized spacial score (nSPS) is 15.5. The van der Waals surface area contributed by atoms with Gasteiger partial charge in [-0.3, -0.25) is 0 Å². The van der Waals surface area contributed by atoms with Gasteiger partial charge >= 0.3 is 0 Å². The second-order valence-corrected chi connectivity index (χ2v) is 8.50. The highest BCUT2D eigenvalue weighted by Gasteiger charge is 2.20. The molecule has 0 aromatic heterocycles. The summed E-state index contributed by atoms with van der Waals surface area (Å²) in [4.78, 5) is 0.128. The van der Waals surface area contributed by atoms with E-state index in [9.17, 15) is 8.42 Å². The van der Waals surface area contributed by atoms with Crippen molar-refractivity contribution in [3.05, 3.63) is 58.1 Å². The summed E-state index contributed by atoms with van der Waals surface area (Å²) in [5, 5.41) is 0.270. The van der Waals surface area contributed by atoms with Crippen LogP contribution in [0.25, 0.3) is 0 Å². The van der Waals surface area contributed by atoms with E-state index in [2.05, 4.69) is 16.9 Å². The van der Waals surface area contributed by atoms with E-state index in [4.69, 9.17) is 16.3 Å². The van der Waals surface area contributed by atoms with Crippen molar-refractivity contribution in [3.63, 3.8) is 0 Å². The van der Waals surface area contributed by atoms with Crippen LogP contribution in [0.5, 0.6) is 5.75 Å². The molecule has 1 N–H and O–H groups in total. The summed E-state index contributed by atoms with van der Waals surface area (Å²) in [5.41, 5.74) is 3.69. The molecule has 1 atom stereocenters. The van der Waals surface area contributed by atoms with Gasteiger partial charge in [0.1, 0.15) is 5.75 Å². The minimum atomic E-state index is -3.67. The first-order valence-electron chi connectivity index (χ1n) is 8.38. The highest BCUT2D eigenvalue weighted by atomic mass is 35.5. The zero-order chi connectivity index (χ0) is 18.0. The van der Waals surface area contributed by atoms with E-state index in [1.807, 2.05) is 13.0 Å². The zero-order valence-electron chi connectivity index (χ0n) is 14.4. The van der Waals surface area contributed by atoms with Gasteiger partial charge < -0.3 is 4.74 Å². The second-order valence-electron chi connectivity index (χ2n) is 6.37. The highest BCUT2D eigenvalue weighted by molar-refractivity contribution is 7.89. The first kappa shape index (κ1) is 18.2. The van der Waals surface area contributed by atoms with E-state index in [1.54, 1.807) is 6.07 Å². The molecule has 3 rings (SSSR count). The number of aryl methyl sites for hydroxylation is 2. The second kappa shape index (κ2) is 7.36. The van der Waals surface area contributed by atoms with Crippen molar-refractivity contribution in [3.8, 4) is 5.75 Å². The summed E-state index contributed by atoms with van der Waals surface area (Å²) in [7, 11) is -2.17. The van der Waals surface area contributed by atoms with Crippen molar-refractivity contribution < 1.29 is 13.2 Å². The number of methoxy groups -OCH3 is 1. The quantitative estimate of drug-likeness (QED) is 0.844. The maximum Gasteiger partial charge on any atom is 0.241 e. The topological polar surface area (TPSA) is 55.4 Å². The molecule has 134 valence electrons. The minimum absolute atomic E-state index is 0.128. The molecule has 0 spiro atoms. The summed E-state index contributed by atoms with van der Waals surface area (Å²) in [5.74, 6) is 0.448. The lowest BCUT2D eigenvalue weighted by atomic mass is 9.89. The maximum absolute atomic E-state index is 12.6. The van der Waals surface area contributed by atoms with E-state index in [1.165, 1.54) is 43.2 Å². The largest absolute Gasteiger partial charge is 0.495 e. The Morgan fingerprint density at radius 1 is 1.08 bits per heavy atom. The van der Waals surface area contributed by atoms with Crippen LogP contribution in [0.1, 0.15) is 42.5 Å². The summed E-state index contributed by atoms with van der Waals surface area (Å²) in [6.07, 6.45) is 4.60. The van der Waals surface area contributed by atoms with Gasteiger partial charge in [0, 0.05) is 6.04 Å². The predicted molar refractivity (Wildman–Crippen MR) is 99.8 cm³/mol. The van der Waals surface area contributed by atoms with E-state index in [0.29, 0.717) is 5.75 Å². The average Bonchev–Trinajstić information content (AvgIpc) is 2.60. The molecule has 1 aliphatic carbocycles. The Kier molecular flexibility index (Phi) is 5.37. The van der Waals surface area contributed by atoms with Crippen molar-refractivity contribution in [2.24, 2.45) is 0 Å². The van der Waals surface area contributed by atoms with Gasteiger partial charge in [0.2, 0.25) is 10.0 Å². The van der Waals surface area contributed by atoms with Gasteiger partial charge in [-0.1, -0.05) is 29.8 Å². The van der Waals surface area contributed by atoms with Gasteiger partial charge in [-0.25, -0.2) is 13.1 Å². The van der Waals surface area contributed by atoms with Crippen molar-refractivity contribution in [1.82, 2.24) is 4.72 Å². The molecule has 0 radical (unpaired) electrons. The molecule has 2 aromatic rings. The number of rotatable bonds is 5. The molecule has 4 nitrogen and oxygen atoms in total. The number of benzene rings is 2. The number of halogens is 1. The Morgan fingerprint density at radius 3 is 2.48 bits per heavy atom. The highest BCUT2D eigenvalue weighted by Crippen LogP contribution is 2.28. The lowest BCUT2D eigenvalue weighted by Gasteiger charge is -2.20. The van der Waals surface area contributed by atoms with Crippen LogP contribution in [0.15, 0.2) is 41.3 Å². The van der Waals surface area contributed by atoms with Crippen molar-refractivity contribution >= 4 is 21.6 Å². The molecular weight excluding hydrogens is 358 g/mol. The number of hydrogen-bond acceptors (Lipinski definition) is 3. The van der Waals surface area contributed by atoms with E-state index < -0.39 is 10.0 Å². The van der Waals surface area contributed by atoms with Gasteiger partial charge in [-0.15, -0.1) is 0 Å². The molecule has 0 aliphatic heterocycles. The third-order valence-electron chi connectivity index (χ3n) is 4.64. The van der Waals surface area contributed by atoms with Crippen LogP contribution in [-0.2, 0) is 22.9 Å². The molecule has 6 heteroatoms. The minimum Gasteiger partial charge on any atom is -0.495 e. The first-order valence-corrected chi connectivity index (χ1v) is 10.2. The van der Waals surface area contributed by atoms with Crippen LogP contribution in [0, 0.1) is 0 Å². The van der Waals surface area contributed by atoms with Gasteiger partial charge in [-0.2, -0.15) is 0 Å². The van der Waals surface area contributed by atoms with Crippen LogP contribution in [0.3, 0.4) is 0 Å². The smallest absolute Gasteiger partial charge is 0.241 e. The lowest BCUT2D eigenvalue weighted by molar-refractivity contribution is 0.414. The van der Waals surface area contributed by atoms with Crippen LogP contribution in [0.2, 0.25) is 5.02 Å². The van der Waals surface area contributed by atoms with E-state index in [0.717, 1.165) is 18.4 Å². The Balaban J connectivity index is 1.81. The summed E-state index contributed by atoms with van der Waals surface area (Å²) in [6.45, 7) is 1.85. The molecule has 0 unspecified atom stereocenters. The molecule has 0 saturated carbocycles. The van der Waals surface area contributed by atoms with Crippen molar-refractivity contribution in [1.29, 1.82) is 0 Å². The Morgan fingerprint density at radius 2 is 1.80 bits per heavy atom. The fourth-order valence-electron chi connectivity index (χ4n) is 3.21. The van der Waals surface area contributed by atoms with Crippen molar-refractivity contribution in [2.75, 3.05) is 7.11 Å². The van der Waals surface area contributed by atoms with Crippen LogP contribution in [0.4, 0.5) is 0 Å². The molecular formula is C19H22ClNO3S. The predicted octanol–water partition coefficient (Wildman–Crippen LogP) is 4.27.